The predicted molar refractivity (Wildman–Crippen MR) is 112 cm³/mol. The molecule has 0 unspecified atom stereocenters. The minimum Gasteiger partial charge on any atom is -0.494 e. The zero-order chi connectivity index (χ0) is 20.0. The van der Waals surface area contributed by atoms with E-state index in [0.29, 0.717) is 26.2 Å². The van der Waals surface area contributed by atoms with Crippen LogP contribution < -0.4 is 4.74 Å². The Labute approximate surface area is 167 Å². The zero-order valence-corrected chi connectivity index (χ0v) is 17.1. The highest BCUT2D eigenvalue weighted by Gasteiger charge is 2.42. The van der Waals surface area contributed by atoms with Crippen LogP contribution >= 0.6 is 0 Å². The van der Waals surface area contributed by atoms with Gasteiger partial charge in [0.05, 0.1) is 19.3 Å². The van der Waals surface area contributed by atoms with Gasteiger partial charge in [0, 0.05) is 44.3 Å². The van der Waals surface area contributed by atoms with Gasteiger partial charge < -0.3 is 19.7 Å². The molecule has 0 aromatic heterocycles. The Bertz CT molecular complexity index is 765. The van der Waals surface area contributed by atoms with E-state index in [1.165, 1.54) is 16.3 Å². The minimum atomic E-state index is -0.493. The van der Waals surface area contributed by atoms with E-state index in [0.717, 1.165) is 31.7 Å². The Morgan fingerprint density at radius 2 is 2.04 bits per heavy atom. The lowest BCUT2D eigenvalue weighted by atomic mass is 9.74. The second-order valence-corrected chi connectivity index (χ2v) is 7.83. The molecular formula is C23H33NO4. The Hall–Kier alpha value is -1.66. The summed E-state index contributed by atoms with van der Waals surface area (Å²) in [5, 5.41) is 23.2. The number of likely N-dealkylation sites (tertiary alicyclic amines) is 1. The molecule has 1 aliphatic heterocycles. The number of piperidine rings is 1. The fraction of sp³-hybridized carbons (Fsp3) is 0.565. The molecule has 0 saturated carbocycles. The maximum atomic E-state index is 10.7. The van der Waals surface area contributed by atoms with Crippen molar-refractivity contribution < 1.29 is 19.7 Å². The summed E-state index contributed by atoms with van der Waals surface area (Å²) in [6, 6.07) is 12.5. The van der Waals surface area contributed by atoms with Crippen molar-refractivity contribution in [3.8, 4) is 5.75 Å². The fourth-order valence-electron chi connectivity index (χ4n) is 4.42. The van der Waals surface area contributed by atoms with Gasteiger partial charge in [0.2, 0.25) is 0 Å². The summed E-state index contributed by atoms with van der Waals surface area (Å²) in [4.78, 5) is 2.35. The van der Waals surface area contributed by atoms with Crippen molar-refractivity contribution in [2.75, 3.05) is 40.0 Å². The van der Waals surface area contributed by atoms with Gasteiger partial charge in [0.15, 0.2) is 0 Å². The van der Waals surface area contributed by atoms with Crippen LogP contribution in [0.4, 0.5) is 0 Å². The molecule has 2 aromatic rings. The van der Waals surface area contributed by atoms with E-state index in [-0.39, 0.29) is 6.61 Å². The van der Waals surface area contributed by atoms with Crippen LogP contribution in [-0.2, 0) is 11.3 Å². The molecule has 2 atom stereocenters. The molecule has 0 amide bonds. The lowest BCUT2D eigenvalue weighted by molar-refractivity contribution is -0.0843. The quantitative estimate of drug-likeness (QED) is 0.647. The molecule has 1 heterocycles. The highest BCUT2D eigenvalue weighted by Crippen LogP contribution is 2.37. The molecule has 0 aliphatic carbocycles. The van der Waals surface area contributed by atoms with Crippen LogP contribution in [0.5, 0.6) is 5.75 Å². The van der Waals surface area contributed by atoms with Gasteiger partial charge >= 0.3 is 0 Å². The molecule has 3 rings (SSSR count). The topological polar surface area (TPSA) is 62.2 Å². The molecule has 2 aromatic carbocycles. The number of aliphatic hydroxyl groups excluding tert-OH is 2. The van der Waals surface area contributed by atoms with Gasteiger partial charge in [-0.25, -0.2) is 0 Å². The van der Waals surface area contributed by atoms with E-state index in [1.807, 2.05) is 6.92 Å². The Kier molecular flexibility index (Phi) is 7.30. The van der Waals surface area contributed by atoms with Crippen molar-refractivity contribution in [2.45, 2.75) is 38.8 Å². The van der Waals surface area contributed by atoms with Gasteiger partial charge in [-0.2, -0.15) is 0 Å². The SMILES string of the molecule is CCOc1ccc2ccccc2c1CN1CC[C@@H](O)[C@@](CO)(CCCOC)C1. The molecule has 0 spiro atoms. The molecule has 0 bridgehead atoms. The predicted octanol–water partition coefficient (Wildman–Crippen LogP) is 3.21. The van der Waals surface area contributed by atoms with E-state index in [9.17, 15) is 10.2 Å². The largest absolute Gasteiger partial charge is 0.494 e. The van der Waals surface area contributed by atoms with E-state index in [2.05, 4.69) is 41.3 Å². The van der Waals surface area contributed by atoms with Crippen molar-refractivity contribution in [3.63, 3.8) is 0 Å². The summed E-state index contributed by atoms with van der Waals surface area (Å²) in [5.74, 6) is 0.918. The van der Waals surface area contributed by atoms with Crippen LogP contribution in [0, 0.1) is 5.41 Å². The van der Waals surface area contributed by atoms with E-state index in [1.54, 1.807) is 7.11 Å². The zero-order valence-electron chi connectivity index (χ0n) is 17.1. The number of nitrogens with zero attached hydrogens (tertiary/aromatic N) is 1. The highest BCUT2D eigenvalue weighted by atomic mass is 16.5. The van der Waals surface area contributed by atoms with Crippen LogP contribution in [0.1, 0.15) is 31.7 Å². The van der Waals surface area contributed by atoms with Crippen LogP contribution in [-0.4, -0.2) is 61.2 Å². The minimum absolute atomic E-state index is 0.0117. The first kappa shape index (κ1) is 21.1. The van der Waals surface area contributed by atoms with Crippen LogP contribution in [0.3, 0.4) is 0 Å². The molecule has 2 N–H and O–H groups in total. The Morgan fingerprint density at radius 1 is 1.21 bits per heavy atom. The standard InChI is InChI=1S/C23H33NO4/c1-3-28-21-10-9-18-7-4-5-8-19(18)20(21)15-24-13-11-22(26)23(16-24,17-25)12-6-14-27-2/h4-5,7-10,22,25-26H,3,6,11-17H2,1-2H3/t22-,23+/m1/s1. The first-order chi connectivity index (χ1) is 13.6. The number of hydrogen-bond acceptors (Lipinski definition) is 5. The van der Waals surface area contributed by atoms with Crippen molar-refractivity contribution in [1.82, 2.24) is 4.90 Å². The van der Waals surface area contributed by atoms with Crippen molar-refractivity contribution >= 4 is 10.8 Å². The van der Waals surface area contributed by atoms with Crippen molar-refractivity contribution in [2.24, 2.45) is 5.41 Å². The maximum Gasteiger partial charge on any atom is 0.124 e. The third-order valence-corrected chi connectivity index (χ3v) is 5.98. The van der Waals surface area contributed by atoms with Gasteiger partial charge in [0.25, 0.3) is 0 Å². The highest BCUT2D eigenvalue weighted by molar-refractivity contribution is 5.87. The molecule has 154 valence electrons. The summed E-state index contributed by atoms with van der Waals surface area (Å²) >= 11 is 0. The molecule has 1 saturated heterocycles. The molecule has 5 nitrogen and oxygen atoms in total. The number of rotatable bonds is 9. The Balaban J connectivity index is 1.85. The number of methoxy groups -OCH3 is 1. The summed E-state index contributed by atoms with van der Waals surface area (Å²) in [7, 11) is 1.69. The smallest absolute Gasteiger partial charge is 0.124 e. The number of hydrogen-bond donors (Lipinski definition) is 2. The normalized spacial score (nSPS) is 23.2. The molecule has 1 aliphatic rings. The van der Waals surface area contributed by atoms with Crippen molar-refractivity contribution in [3.05, 3.63) is 42.0 Å². The summed E-state index contributed by atoms with van der Waals surface area (Å²) in [6.07, 6.45) is 1.77. The number of ether oxygens (including phenoxy) is 2. The average molecular weight is 388 g/mol. The first-order valence-corrected chi connectivity index (χ1v) is 10.3. The van der Waals surface area contributed by atoms with E-state index >= 15 is 0 Å². The molecule has 1 fully saturated rings. The lowest BCUT2D eigenvalue weighted by Crippen LogP contribution is -2.53. The van der Waals surface area contributed by atoms with Gasteiger partial charge in [-0.3, -0.25) is 4.90 Å². The summed E-state index contributed by atoms with van der Waals surface area (Å²) in [5.41, 5.74) is 0.688. The van der Waals surface area contributed by atoms with E-state index in [4.69, 9.17) is 9.47 Å². The summed E-state index contributed by atoms with van der Waals surface area (Å²) in [6.45, 7) is 5.49. The number of benzene rings is 2. The Morgan fingerprint density at radius 3 is 2.79 bits per heavy atom. The third kappa shape index (κ3) is 4.49. The number of fused-ring (bicyclic) bond motifs is 1. The first-order valence-electron chi connectivity index (χ1n) is 10.3. The maximum absolute atomic E-state index is 10.7. The van der Waals surface area contributed by atoms with Crippen LogP contribution in [0.25, 0.3) is 10.8 Å². The van der Waals surface area contributed by atoms with Gasteiger partial charge in [0.1, 0.15) is 5.75 Å². The molecule has 0 radical (unpaired) electrons. The monoisotopic (exact) mass is 387 g/mol. The molecular weight excluding hydrogens is 354 g/mol. The fourth-order valence-corrected chi connectivity index (χ4v) is 4.42. The number of aliphatic hydroxyl groups is 2. The van der Waals surface area contributed by atoms with Gasteiger partial charge in [-0.1, -0.05) is 30.3 Å². The van der Waals surface area contributed by atoms with Gasteiger partial charge in [-0.05, 0) is 43.0 Å². The third-order valence-electron chi connectivity index (χ3n) is 5.98. The molecule has 28 heavy (non-hydrogen) atoms. The summed E-state index contributed by atoms with van der Waals surface area (Å²) < 4.78 is 11.1. The van der Waals surface area contributed by atoms with Crippen molar-refractivity contribution in [1.29, 1.82) is 0 Å². The van der Waals surface area contributed by atoms with E-state index < -0.39 is 11.5 Å². The lowest BCUT2D eigenvalue weighted by Gasteiger charge is -2.45. The second-order valence-electron chi connectivity index (χ2n) is 7.83. The second kappa shape index (κ2) is 9.70. The van der Waals surface area contributed by atoms with Crippen LogP contribution in [0.15, 0.2) is 36.4 Å². The van der Waals surface area contributed by atoms with Gasteiger partial charge in [-0.15, -0.1) is 0 Å². The average Bonchev–Trinajstić information content (AvgIpc) is 2.72. The molecule has 5 heteroatoms. The van der Waals surface area contributed by atoms with Crippen LogP contribution in [0.2, 0.25) is 0 Å².